The van der Waals surface area contributed by atoms with Crippen LogP contribution in [0.25, 0.3) is 5.31 Å². The molecule has 0 aromatic heterocycles. The van der Waals surface area contributed by atoms with Gasteiger partial charge in [0.15, 0.2) is 7.14 Å². The van der Waals surface area contributed by atoms with Gasteiger partial charge < -0.3 is 9.30 Å². The second-order valence-corrected chi connectivity index (χ2v) is 8.58. The van der Waals surface area contributed by atoms with E-state index in [9.17, 15) is 17.7 Å². The van der Waals surface area contributed by atoms with E-state index in [0.29, 0.717) is 21.5 Å². The smallest absolute Gasteiger partial charge is 0.406 e. The molecule has 0 saturated carbocycles. The molecular formula is C22H16F3O2P. The molecule has 3 aromatic carbocycles. The predicted octanol–water partition coefficient (Wildman–Crippen LogP) is 5.73. The van der Waals surface area contributed by atoms with Crippen LogP contribution in [0.2, 0.25) is 0 Å². The third-order valence-electron chi connectivity index (χ3n) is 4.08. The molecule has 0 radical (unpaired) electrons. The lowest BCUT2D eigenvalue weighted by molar-refractivity contribution is -0.274. The van der Waals surface area contributed by atoms with Gasteiger partial charge in [-0.3, -0.25) is 0 Å². The van der Waals surface area contributed by atoms with E-state index in [4.69, 9.17) is 0 Å². The van der Waals surface area contributed by atoms with Crippen LogP contribution in [-0.4, -0.2) is 6.36 Å². The Balaban J connectivity index is 2.12. The van der Waals surface area contributed by atoms with E-state index < -0.39 is 13.5 Å². The van der Waals surface area contributed by atoms with E-state index in [1.165, 1.54) is 24.3 Å². The van der Waals surface area contributed by atoms with E-state index in [2.05, 4.69) is 17.0 Å². The fourth-order valence-electron chi connectivity index (χ4n) is 2.89. The van der Waals surface area contributed by atoms with Crippen molar-refractivity contribution in [3.05, 3.63) is 103 Å². The van der Waals surface area contributed by atoms with Gasteiger partial charge in [0.2, 0.25) is 0 Å². The first-order valence-corrected chi connectivity index (χ1v) is 10.0. The molecule has 0 spiro atoms. The van der Waals surface area contributed by atoms with E-state index in [0.717, 1.165) is 0 Å². The van der Waals surface area contributed by atoms with Crippen molar-refractivity contribution in [1.82, 2.24) is 0 Å². The highest BCUT2D eigenvalue weighted by Crippen LogP contribution is 2.56. The zero-order valence-corrected chi connectivity index (χ0v) is 15.6. The van der Waals surface area contributed by atoms with Crippen molar-refractivity contribution in [3.63, 3.8) is 0 Å². The molecule has 0 aliphatic heterocycles. The second-order valence-electron chi connectivity index (χ2n) is 5.88. The highest BCUT2D eigenvalue weighted by Gasteiger charge is 2.34. The van der Waals surface area contributed by atoms with Crippen LogP contribution in [0.4, 0.5) is 13.2 Å². The first-order valence-electron chi connectivity index (χ1n) is 8.32. The molecule has 0 aliphatic rings. The summed E-state index contributed by atoms with van der Waals surface area (Å²) in [6.07, 6.45) is -4.78. The van der Waals surface area contributed by atoms with Crippen molar-refractivity contribution < 1.29 is 22.5 Å². The molecule has 0 saturated heterocycles. The van der Waals surface area contributed by atoms with Crippen LogP contribution in [0.5, 0.6) is 5.75 Å². The largest absolute Gasteiger partial charge is 0.573 e. The van der Waals surface area contributed by atoms with Gasteiger partial charge in [-0.1, -0.05) is 67.2 Å². The molecule has 0 heterocycles. The quantitative estimate of drug-likeness (QED) is 0.404. The summed E-state index contributed by atoms with van der Waals surface area (Å²) in [4.78, 5) is 0. The molecule has 6 heteroatoms. The van der Waals surface area contributed by atoms with E-state index in [-0.39, 0.29) is 5.75 Å². The Hall–Kier alpha value is -3.00. The molecule has 142 valence electrons. The number of hydrogen-bond acceptors (Lipinski definition) is 2. The van der Waals surface area contributed by atoms with E-state index in [1.54, 1.807) is 48.5 Å². The number of alkyl halides is 3. The fourth-order valence-corrected chi connectivity index (χ4v) is 5.63. The SMILES string of the molecule is C=C=C(c1ccc(OC(F)(F)F)cc1)P(=O)(c1ccccc1)c1ccccc1. The molecule has 0 amide bonds. The summed E-state index contributed by atoms with van der Waals surface area (Å²) >= 11 is 0. The minimum Gasteiger partial charge on any atom is -0.406 e. The summed E-state index contributed by atoms with van der Waals surface area (Å²) in [6, 6.07) is 23.0. The molecule has 0 unspecified atom stereocenters. The molecular weight excluding hydrogens is 384 g/mol. The maximum atomic E-state index is 14.3. The van der Waals surface area contributed by atoms with Crippen molar-refractivity contribution in [2.24, 2.45) is 0 Å². The Morgan fingerprint density at radius 3 is 1.68 bits per heavy atom. The molecule has 2 nitrogen and oxygen atoms in total. The first kappa shape index (κ1) is 19.8. The van der Waals surface area contributed by atoms with Crippen LogP contribution in [0.1, 0.15) is 5.56 Å². The lowest BCUT2D eigenvalue weighted by Crippen LogP contribution is -2.17. The monoisotopic (exact) mass is 400 g/mol. The Morgan fingerprint density at radius 2 is 1.29 bits per heavy atom. The first-order chi connectivity index (χ1) is 13.3. The van der Waals surface area contributed by atoms with Crippen LogP contribution < -0.4 is 15.3 Å². The summed E-state index contributed by atoms with van der Waals surface area (Å²) < 4.78 is 55.4. The van der Waals surface area contributed by atoms with Crippen LogP contribution in [0.15, 0.2) is 97.2 Å². The van der Waals surface area contributed by atoms with Gasteiger partial charge in [-0.15, -0.1) is 18.9 Å². The molecule has 28 heavy (non-hydrogen) atoms. The molecule has 0 aliphatic carbocycles. The number of benzene rings is 3. The molecule has 0 atom stereocenters. The highest BCUT2D eigenvalue weighted by atomic mass is 31.2. The Labute approximate surface area is 161 Å². The van der Waals surface area contributed by atoms with Crippen molar-refractivity contribution in [1.29, 1.82) is 0 Å². The van der Waals surface area contributed by atoms with Gasteiger partial charge in [0.05, 0.1) is 5.31 Å². The van der Waals surface area contributed by atoms with Crippen molar-refractivity contribution in [3.8, 4) is 5.75 Å². The normalized spacial score (nSPS) is 11.5. The molecule has 3 rings (SSSR count). The van der Waals surface area contributed by atoms with Gasteiger partial charge in [0, 0.05) is 10.6 Å². The average molecular weight is 400 g/mol. The van der Waals surface area contributed by atoms with Crippen molar-refractivity contribution >= 4 is 23.1 Å². The van der Waals surface area contributed by atoms with Gasteiger partial charge in [0.25, 0.3) is 0 Å². The third-order valence-corrected chi connectivity index (χ3v) is 7.18. The Bertz CT molecular complexity index is 993. The Morgan fingerprint density at radius 1 is 0.821 bits per heavy atom. The van der Waals surface area contributed by atoms with Crippen LogP contribution >= 0.6 is 7.14 Å². The number of hydrogen-bond donors (Lipinski definition) is 0. The highest BCUT2D eigenvalue weighted by molar-refractivity contribution is 7.87. The molecule has 3 aromatic rings. The fraction of sp³-hybridized carbons (Fsp3) is 0.0455. The number of halogens is 3. The van der Waals surface area contributed by atoms with Gasteiger partial charge in [0.1, 0.15) is 5.75 Å². The van der Waals surface area contributed by atoms with E-state index in [1.807, 2.05) is 12.1 Å². The van der Waals surface area contributed by atoms with Crippen LogP contribution in [0.3, 0.4) is 0 Å². The molecule has 0 N–H and O–H groups in total. The zero-order chi connectivity index (χ0) is 20.2. The maximum Gasteiger partial charge on any atom is 0.573 e. The number of rotatable bonds is 5. The van der Waals surface area contributed by atoms with E-state index >= 15 is 0 Å². The minimum absolute atomic E-state index is 0.323. The zero-order valence-electron chi connectivity index (χ0n) is 14.7. The molecule has 0 bridgehead atoms. The summed E-state index contributed by atoms with van der Waals surface area (Å²) in [5, 5.41) is 1.49. The summed E-state index contributed by atoms with van der Waals surface area (Å²) in [7, 11) is -3.33. The van der Waals surface area contributed by atoms with Gasteiger partial charge in [-0.05, 0) is 29.8 Å². The number of ether oxygens (including phenoxy) is 1. The lowest BCUT2D eigenvalue weighted by Gasteiger charge is -2.21. The average Bonchev–Trinajstić information content (AvgIpc) is 2.70. The van der Waals surface area contributed by atoms with Gasteiger partial charge in [-0.25, -0.2) is 0 Å². The van der Waals surface area contributed by atoms with Gasteiger partial charge in [-0.2, -0.15) is 0 Å². The summed E-state index contributed by atoms with van der Waals surface area (Å²) in [5.41, 5.74) is 3.22. The molecule has 0 fully saturated rings. The third kappa shape index (κ3) is 4.12. The maximum absolute atomic E-state index is 14.3. The minimum atomic E-state index is -4.78. The van der Waals surface area contributed by atoms with Crippen LogP contribution in [-0.2, 0) is 4.57 Å². The summed E-state index contributed by atoms with van der Waals surface area (Å²) in [6.45, 7) is 3.69. The lowest BCUT2D eigenvalue weighted by atomic mass is 10.2. The second kappa shape index (κ2) is 7.93. The standard InChI is InChI=1S/C22H16F3O2P/c1-2-21(17-13-15-18(16-14-17)27-22(23,24)25)28(26,19-9-5-3-6-10-19)20-11-7-4-8-12-20/h3-16H,1H2. The Kier molecular flexibility index (Phi) is 5.60. The summed E-state index contributed by atoms with van der Waals surface area (Å²) in [5.74, 6) is -0.353. The topological polar surface area (TPSA) is 26.3 Å². The van der Waals surface area contributed by atoms with Crippen molar-refractivity contribution in [2.45, 2.75) is 6.36 Å². The predicted molar refractivity (Wildman–Crippen MR) is 105 cm³/mol. The van der Waals surface area contributed by atoms with Gasteiger partial charge >= 0.3 is 6.36 Å². The van der Waals surface area contributed by atoms with Crippen LogP contribution in [0, 0.1) is 0 Å². The van der Waals surface area contributed by atoms with Crippen molar-refractivity contribution in [2.75, 3.05) is 0 Å².